The van der Waals surface area contributed by atoms with Crippen molar-refractivity contribution in [1.82, 2.24) is 14.5 Å². The van der Waals surface area contributed by atoms with E-state index in [-0.39, 0.29) is 31.4 Å². The number of nitrogens with zero attached hydrogens (tertiary/aromatic N) is 2. The molecule has 0 unspecified atom stereocenters. The zero-order valence-electron chi connectivity index (χ0n) is 18.4. The quantitative estimate of drug-likeness (QED) is 0.767. The first-order valence-electron chi connectivity index (χ1n) is 10.3. The van der Waals surface area contributed by atoms with Gasteiger partial charge in [0.25, 0.3) is 5.91 Å². The third kappa shape index (κ3) is 5.14. The zero-order chi connectivity index (χ0) is 22.8. The molecule has 1 heterocycles. The molecule has 0 atom stereocenters. The Balaban J connectivity index is 1.55. The molecule has 1 N–H and O–H groups in total. The van der Waals surface area contributed by atoms with E-state index in [0.29, 0.717) is 29.1 Å². The van der Waals surface area contributed by atoms with Gasteiger partial charge >= 0.3 is 0 Å². The summed E-state index contributed by atoms with van der Waals surface area (Å²) in [7, 11) is -3.60. The van der Waals surface area contributed by atoms with Crippen LogP contribution < -0.4 is 5.32 Å². The summed E-state index contributed by atoms with van der Waals surface area (Å²) in [6.07, 6.45) is 0. The SMILES string of the molecule is Cc1ccc(S(=O)(=O)N2CCN(C(=O)CNC(=O)c3ccc(C)c(C)c3)CC2)c(C)c1. The van der Waals surface area contributed by atoms with Crippen molar-refractivity contribution in [2.24, 2.45) is 0 Å². The molecule has 0 bridgehead atoms. The molecule has 0 saturated carbocycles. The van der Waals surface area contributed by atoms with Crippen molar-refractivity contribution in [1.29, 1.82) is 0 Å². The molecule has 166 valence electrons. The lowest BCUT2D eigenvalue weighted by Gasteiger charge is -2.34. The second-order valence-corrected chi connectivity index (χ2v) is 9.94. The number of piperazine rings is 1. The number of hydrogen-bond donors (Lipinski definition) is 1. The van der Waals surface area contributed by atoms with Crippen molar-refractivity contribution >= 4 is 21.8 Å². The number of hydrogen-bond acceptors (Lipinski definition) is 4. The third-order valence-electron chi connectivity index (χ3n) is 5.71. The van der Waals surface area contributed by atoms with E-state index in [9.17, 15) is 18.0 Å². The van der Waals surface area contributed by atoms with E-state index in [1.54, 1.807) is 36.1 Å². The van der Waals surface area contributed by atoms with Crippen molar-refractivity contribution in [3.63, 3.8) is 0 Å². The van der Waals surface area contributed by atoms with E-state index in [0.717, 1.165) is 16.7 Å². The van der Waals surface area contributed by atoms with Gasteiger partial charge in [0.2, 0.25) is 15.9 Å². The molecule has 3 rings (SSSR count). The summed E-state index contributed by atoms with van der Waals surface area (Å²) in [6, 6.07) is 10.7. The Morgan fingerprint density at radius 2 is 1.55 bits per heavy atom. The van der Waals surface area contributed by atoms with E-state index in [1.807, 2.05) is 32.9 Å². The minimum absolute atomic E-state index is 0.115. The van der Waals surface area contributed by atoms with Crippen molar-refractivity contribution in [3.8, 4) is 0 Å². The van der Waals surface area contributed by atoms with E-state index in [4.69, 9.17) is 0 Å². The van der Waals surface area contributed by atoms with Crippen LogP contribution in [0.1, 0.15) is 32.6 Å². The predicted octanol–water partition coefficient (Wildman–Crippen LogP) is 2.18. The van der Waals surface area contributed by atoms with Gasteiger partial charge < -0.3 is 10.2 Å². The second-order valence-electron chi connectivity index (χ2n) is 8.04. The van der Waals surface area contributed by atoms with Crippen LogP contribution >= 0.6 is 0 Å². The van der Waals surface area contributed by atoms with Crippen molar-refractivity contribution < 1.29 is 18.0 Å². The average molecular weight is 444 g/mol. The molecule has 7 nitrogen and oxygen atoms in total. The number of carbonyl (C=O) groups is 2. The highest BCUT2D eigenvalue weighted by molar-refractivity contribution is 7.89. The van der Waals surface area contributed by atoms with Crippen molar-refractivity contribution in [3.05, 3.63) is 64.2 Å². The van der Waals surface area contributed by atoms with Gasteiger partial charge in [0.15, 0.2) is 0 Å². The van der Waals surface area contributed by atoms with Gasteiger partial charge in [-0.25, -0.2) is 8.42 Å². The Morgan fingerprint density at radius 3 is 2.16 bits per heavy atom. The Labute approximate surface area is 184 Å². The molecule has 0 aromatic heterocycles. The lowest BCUT2D eigenvalue weighted by molar-refractivity contribution is -0.131. The van der Waals surface area contributed by atoms with Gasteiger partial charge in [-0.3, -0.25) is 9.59 Å². The van der Waals surface area contributed by atoms with Crippen molar-refractivity contribution in [2.45, 2.75) is 32.6 Å². The second kappa shape index (κ2) is 9.20. The van der Waals surface area contributed by atoms with E-state index >= 15 is 0 Å². The molecule has 2 amide bonds. The standard InChI is InChI=1S/C23H29N3O4S/c1-16-5-8-21(19(4)13-16)31(29,30)26-11-9-25(10-12-26)22(27)15-24-23(28)20-7-6-17(2)18(3)14-20/h5-8,13-14H,9-12,15H2,1-4H3,(H,24,28). The maximum absolute atomic E-state index is 13.0. The number of rotatable bonds is 5. The van der Waals surface area contributed by atoms with Crippen LogP contribution in [0.15, 0.2) is 41.3 Å². The predicted molar refractivity (Wildman–Crippen MR) is 120 cm³/mol. The number of carbonyl (C=O) groups excluding carboxylic acids is 2. The van der Waals surface area contributed by atoms with Crippen LogP contribution in [0.3, 0.4) is 0 Å². The van der Waals surface area contributed by atoms with Gasteiger partial charge in [-0.2, -0.15) is 4.31 Å². The van der Waals surface area contributed by atoms with E-state index < -0.39 is 10.0 Å². The summed E-state index contributed by atoms with van der Waals surface area (Å²) in [6.45, 7) is 8.55. The highest BCUT2D eigenvalue weighted by atomic mass is 32.2. The Morgan fingerprint density at radius 1 is 0.871 bits per heavy atom. The highest BCUT2D eigenvalue weighted by Crippen LogP contribution is 2.22. The van der Waals surface area contributed by atoms with Crippen LogP contribution in [-0.2, 0) is 14.8 Å². The molecule has 31 heavy (non-hydrogen) atoms. The largest absolute Gasteiger partial charge is 0.343 e. The summed E-state index contributed by atoms with van der Waals surface area (Å²) < 4.78 is 27.4. The Kier molecular flexibility index (Phi) is 6.81. The van der Waals surface area contributed by atoms with Crippen molar-refractivity contribution in [2.75, 3.05) is 32.7 Å². The number of benzene rings is 2. The number of aryl methyl sites for hydroxylation is 4. The topological polar surface area (TPSA) is 86.8 Å². The minimum Gasteiger partial charge on any atom is -0.343 e. The smallest absolute Gasteiger partial charge is 0.251 e. The van der Waals surface area contributed by atoms with Crippen LogP contribution in [0.5, 0.6) is 0 Å². The molecule has 0 aliphatic carbocycles. The number of nitrogens with one attached hydrogen (secondary N) is 1. The molecule has 1 fully saturated rings. The summed E-state index contributed by atoms with van der Waals surface area (Å²) in [4.78, 5) is 26.7. The summed E-state index contributed by atoms with van der Waals surface area (Å²) in [5.41, 5.74) is 4.35. The number of sulfonamides is 1. The highest BCUT2D eigenvalue weighted by Gasteiger charge is 2.31. The molecule has 2 aromatic rings. The minimum atomic E-state index is -3.60. The number of amides is 2. The lowest BCUT2D eigenvalue weighted by atomic mass is 10.1. The molecule has 2 aromatic carbocycles. The van der Waals surface area contributed by atoms with E-state index in [2.05, 4.69) is 5.32 Å². The molecular weight excluding hydrogens is 414 g/mol. The first kappa shape index (κ1) is 23.0. The molecule has 1 aliphatic heterocycles. The van der Waals surface area contributed by atoms with Crippen LogP contribution in [-0.4, -0.2) is 62.2 Å². The molecule has 8 heteroatoms. The van der Waals surface area contributed by atoms with Gasteiger partial charge in [0.1, 0.15) is 0 Å². The Hall–Kier alpha value is -2.71. The fourth-order valence-corrected chi connectivity index (χ4v) is 5.29. The van der Waals surface area contributed by atoms with Gasteiger partial charge in [-0.05, 0) is 62.6 Å². The summed E-state index contributed by atoms with van der Waals surface area (Å²) in [5.74, 6) is -0.520. The maximum atomic E-state index is 13.0. The first-order valence-corrected chi connectivity index (χ1v) is 11.7. The molecule has 1 aliphatic rings. The van der Waals surface area contributed by atoms with Gasteiger partial charge in [0, 0.05) is 31.7 Å². The summed E-state index contributed by atoms with van der Waals surface area (Å²) in [5, 5.41) is 2.66. The molecule has 0 radical (unpaired) electrons. The molecule has 0 spiro atoms. The van der Waals surface area contributed by atoms with Crippen LogP contribution in [0.2, 0.25) is 0 Å². The van der Waals surface area contributed by atoms with Gasteiger partial charge in [0.05, 0.1) is 11.4 Å². The average Bonchev–Trinajstić information content (AvgIpc) is 2.73. The van der Waals surface area contributed by atoms with Crippen LogP contribution in [0.4, 0.5) is 0 Å². The van der Waals surface area contributed by atoms with E-state index in [1.165, 1.54) is 4.31 Å². The lowest BCUT2D eigenvalue weighted by Crippen LogP contribution is -2.52. The first-order chi connectivity index (χ1) is 14.6. The molecular formula is C23H29N3O4S. The Bertz CT molecular complexity index is 1100. The third-order valence-corrected chi connectivity index (χ3v) is 7.77. The van der Waals surface area contributed by atoms with Gasteiger partial charge in [-0.15, -0.1) is 0 Å². The van der Waals surface area contributed by atoms with Gasteiger partial charge in [-0.1, -0.05) is 23.8 Å². The normalized spacial score (nSPS) is 15.0. The monoisotopic (exact) mass is 443 g/mol. The fraction of sp³-hybridized carbons (Fsp3) is 0.391. The zero-order valence-corrected chi connectivity index (χ0v) is 19.3. The fourth-order valence-electron chi connectivity index (χ4n) is 3.66. The summed E-state index contributed by atoms with van der Waals surface area (Å²) >= 11 is 0. The van der Waals surface area contributed by atoms with Crippen LogP contribution in [0, 0.1) is 27.7 Å². The maximum Gasteiger partial charge on any atom is 0.251 e. The molecule has 1 saturated heterocycles. The van der Waals surface area contributed by atoms with Crippen LogP contribution in [0.25, 0.3) is 0 Å².